The monoisotopic (exact) mass is 364 g/mol. The molecular weight excluding hydrogens is 340 g/mol. The zero-order valence-electron chi connectivity index (χ0n) is 14.4. The molecule has 1 aliphatic heterocycles. The van der Waals surface area contributed by atoms with Crippen LogP contribution in [0.1, 0.15) is 19.3 Å². The molecule has 1 saturated heterocycles. The molecule has 1 aliphatic rings. The number of anilines is 1. The van der Waals surface area contributed by atoms with Gasteiger partial charge in [0.25, 0.3) is 0 Å². The molecule has 0 aromatic heterocycles. The molecule has 1 atom stereocenters. The van der Waals surface area contributed by atoms with Gasteiger partial charge in [-0.25, -0.2) is 13.1 Å². The molecule has 1 fully saturated rings. The fourth-order valence-electron chi connectivity index (χ4n) is 3.04. The van der Waals surface area contributed by atoms with E-state index in [1.165, 1.54) is 0 Å². The van der Waals surface area contributed by atoms with Crippen LogP contribution in [0.25, 0.3) is 0 Å². The first kappa shape index (κ1) is 19.4. The zero-order valence-corrected chi connectivity index (χ0v) is 15.2. The molecule has 1 aromatic carbocycles. The quantitative estimate of drug-likeness (QED) is 0.777. The predicted octanol–water partition coefficient (Wildman–Crippen LogP) is 0.947. The van der Waals surface area contributed by atoms with Crippen molar-refractivity contribution in [2.75, 3.05) is 37.3 Å². The van der Waals surface area contributed by atoms with Gasteiger partial charge in [0.05, 0.1) is 25.3 Å². The van der Waals surface area contributed by atoms with Gasteiger partial charge in [0.2, 0.25) is 15.9 Å². The zero-order chi connectivity index (χ0) is 18.3. The fraction of sp³-hybridized carbons (Fsp3) is 0.529. The van der Waals surface area contributed by atoms with E-state index >= 15 is 0 Å². The van der Waals surface area contributed by atoms with Crippen LogP contribution in [0.2, 0.25) is 0 Å². The summed E-state index contributed by atoms with van der Waals surface area (Å²) >= 11 is 0. The summed E-state index contributed by atoms with van der Waals surface area (Å²) in [5.74, 6) is -0.0820. The highest BCUT2D eigenvalue weighted by atomic mass is 32.2. The topological polar surface area (TPSA) is 93.5 Å². The molecule has 0 radical (unpaired) electrons. The van der Waals surface area contributed by atoms with Crippen molar-refractivity contribution >= 4 is 21.6 Å². The predicted molar refractivity (Wildman–Crippen MR) is 96.5 cm³/mol. The van der Waals surface area contributed by atoms with Gasteiger partial charge in [0.1, 0.15) is 0 Å². The lowest BCUT2D eigenvalue weighted by Crippen LogP contribution is -2.50. The number of benzene rings is 1. The van der Waals surface area contributed by atoms with Gasteiger partial charge in [0, 0.05) is 24.8 Å². The Labute approximate surface area is 149 Å². The second kappa shape index (κ2) is 8.94. The number of nitrogens with one attached hydrogen (secondary N) is 1. The van der Waals surface area contributed by atoms with Gasteiger partial charge in [-0.15, -0.1) is 0 Å². The van der Waals surface area contributed by atoms with E-state index in [4.69, 9.17) is 5.26 Å². The Balaban J connectivity index is 2.01. The summed E-state index contributed by atoms with van der Waals surface area (Å²) in [6.07, 6.45) is 3.02. The van der Waals surface area contributed by atoms with E-state index in [-0.39, 0.29) is 24.9 Å². The molecule has 1 heterocycles. The average Bonchev–Trinajstić information content (AvgIpc) is 2.55. The maximum absolute atomic E-state index is 12.7. The van der Waals surface area contributed by atoms with E-state index in [0.29, 0.717) is 13.1 Å². The van der Waals surface area contributed by atoms with Gasteiger partial charge in [-0.1, -0.05) is 18.2 Å². The number of piperidine rings is 1. The molecule has 2 rings (SSSR count). The van der Waals surface area contributed by atoms with Crippen LogP contribution in [0.15, 0.2) is 30.3 Å². The molecule has 136 valence electrons. The van der Waals surface area contributed by atoms with Gasteiger partial charge in [0.15, 0.2) is 0 Å². The summed E-state index contributed by atoms with van der Waals surface area (Å²) in [6, 6.07) is 11.2. The van der Waals surface area contributed by atoms with E-state index in [1.807, 2.05) is 35.2 Å². The Bertz CT molecular complexity index is 715. The Morgan fingerprint density at radius 1 is 1.40 bits per heavy atom. The summed E-state index contributed by atoms with van der Waals surface area (Å²) in [6.45, 7) is 1.83. The van der Waals surface area contributed by atoms with E-state index in [2.05, 4.69) is 10.8 Å². The van der Waals surface area contributed by atoms with E-state index in [1.54, 1.807) is 4.90 Å². The Kier molecular flexibility index (Phi) is 6.93. The number of hydrogen-bond donors (Lipinski definition) is 1. The minimum atomic E-state index is -3.26. The first-order valence-corrected chi connectivity index (χ1v) is 10.2. The normalized spacial score (nSPS) is 18.5. The Hall–Kier alpha value is -1.95. The lowest BCUT2D eigenvalue weighted by molar-refractivity contribution is -0.120. The Morgan fingerprint density at radius 2 is 2.12 bits per heavy atom. The smallest absolute Gasteiger partial charge is 0.241 e. The number of likely N-dealkylation sites (tertiary alicyclic amines) is 1. The van der Waals surface area contributed by atoms with Crippen LogP contribution in [0.5, 0.6) is 0 Å². The maximum atomic E-state index is 12.7. The molecule has 7 nitrogen and oxygen atoms in total. The van der Waals surface area contributed by atoms with Crippen molar-refractivity contribution in [1.29, 1.82) is 5.26 Å². The molecule has 0 spiro atoms. The van der Waals surface area contributed by atoms with Crippen molar-refractivity contribution in [1.82, 2.24) is 9.62 Å². The number of nitrogens with zero attached hydrogens (tertiary/aromatic N) is 3. The van der Waals surface area contributed by atoms with Gasteiger partial charge >= 0.3 is 0 Å². The highest BCUT2D eigenvalue weighted by Gasteiger charge is 2.25. The van der Waals surface area contributed by atoms with Gasteiger partial charge < -0.3 is 4.90 Å². The maximum Gasteiger partial charge on any atom is 0.241 e. The molecule has 0 aliphatic carbocycles. The summed E-state index contributed by atoms with van der Waals surface area (Å²) < 4.78 is 25.4. The number of rotatable bonds is 7. The Morgan fingerprint density at radius 3 is 2.76 bits per heavy atom. The van der Waals surface area contributed by atoms with Crippen LogP contribution in [0, 0.1) is 11.3 Å². The number of nitriles is 1. The lowest BCUT2D eigenvalue weighted by Gasteiger charge is -2.33. The number of carbonyl (C=O) groups is 1. The molecule has 1 N–H and O–H groups in total. The van der Waals surface area contributed by atoms with Crippen LogP contribution in [-0.4, -0.2) is 57.7 Å². The molecule has 0 bridgehead atoms. The van der Waals surface area contributed by atoms with E-state index < -0.39 is 10.0 Å². The van der Waals surface area contributed by atoms with Crippen molar-refractivity contribution in [3.63, 3.8) is 0 Å². The highest BCUT2D eigenvalue weighted by molar-refractivity contribution is 7.88. The van der Waals surface area contributed by atoms with Crippen molar-refractivity contribution in [3.8, 4) is 6.07 Å². The minimum absolute atomic E-state index is 0.0820. The van der Waals surface area contributed by atoms with Crippen molar-refractivity contribution in [2.24, 2.45) is 0 Å². The first-order chi connectivity index (χ1) is 11.9. The van der Waals surface area contributed by atoms with Crippen LogP contribution >= 0.6 is 0 Å². The van der Waals surface area contributed by atoms with Crippen LogP contribution in [0.3, 0.4) is 0 Å². The third kappa shape index (κ3) is 6.46. The van der Waals surface area contributed by atoms with Crippen LogP contribution < -0.4 is 9.62 Å². The summed E-state index contributed by atoms with van der Waals surface area (Å²) in [4.78, 5) is 16.3. The van der Waals surface area contributed by atoms with Gasteiger partial charge in [-0.3, -0.25) is 9.69 Å². The molecule has 8 heteroatoms. The van der Waals surface area contributed by atoms with Crippen molar-refractivity contribution < 1.29 is 13.2 Å². The van der Waals surface area contributed by atoms with Crippen molar-refractivity contribution in [3.05, 3.63) is 30.3 Å². The van der Waals surface area contributed by atoms with Crippen LogP contribution in [-0.2, 0) is 14.8 Å². The molecule has 1 aromatic rings. The van der Waals surface area contributed by atoms with E-state index in [9.17, 15) is 13.2 Å². The SMILES string of the molecule is CS(=O)(=O)NC1CCCN(CC(=O)N(CCC#N)c2ccccc2)C1. The van der Waals surface area contributed by atoms with Crippen molar-refractivity contribution in [2.45, 2.75) is 25.3 Å². The number of para-hydroxylation sites is 1. The number of amides is 1. The second-order valence-corrected chi connectivity index (χ2v) is 8.03. The first-order valence-electron chi connectivity index (χ1n) is 8.31. The molecular formula is C17H24N4O3S. The standard InChI is InChI=1S/C17H24N4O3S/c1-25(23,24)19-15-7-5-11-20(13-15)14-17(22)21(12-6-10-18)16-8-3-2-4-9-16/h2-4,8-9,15,19H,5-7,11-14H2,1H3. The number of hydrogen-bond acceptors (Lipinski definition) is 5. The number of sulfonamides is 1. The lowest BCUT2D eigenvalue weighted by atomic mass is 10.1. The van der Waals surface area contributed by atoms with Gasteiger partial charge in [-0.2, -0.15) is 5.26 Å². The second-order valence-electron chi connectivity index (χ2n) is 6.25. The van der Waals surface area contributed by atoms with Crippen LogP contribution in [0.4, 0.5) is 5.69 Å². The molecule has 25 heavy (non-hydrogen) atoms. The largest absolute Gasteiger partial charge is 0.310 e. The number of carbonyl (C=O) groups excluding carboxylic acids is 1. The highest BCUT2D eigenvalue weighted by Crippen LogP contribution is 2.16. The molecule has 1 amide bonds. The summed E-state index contributed by atoms with van der Waals surface area (Å²) in [5.41, 5.74) is 0.769. The van der Waals surface area contributed by atoms with Gasteiger partial charge in [-0.05, 0) is 31.5 Å². The summed E-state index contributed by atoms with van der Waals surface area (Å²) in [7, 11) is -3.26. The molecule has 0 saturated carbocycles. The third-order valence-corrected chi connectivity index (χ3v) is 4.82. The minimum Gasteiger partial charge on any atom is -0.310 e. The molecule has 1 unspecified atom stereocenters. The third-order valence-electron chi connectivity index (χ3n) is 4.06. The summed E-state index contributed by atoms with van der Waals surface area (Å²) in [5, 5.41) is 8.84. The van der Waals surface area contributed by atoms with E-state index in [0.717, 1.165) is 31.3 Å². The average molecular weight is 364 g/mol. The fourth-order valence-corrected chi connectivity index (χ4v) is 3.84.